The summed E-state index contributed by atoms with van der Waals surface area (Å²) in [4.78, 5) is 2.39. The zero-order valence-corrected chi connectivity index (χ0v) is 14.2. The first kappa shape index (κ1) is 16.3. The summed E-state index contributed by atoms with van der Waals surface area (Å²) in [6, 6.07) is 3.89. The number of ether oxygens (including phenoxy) is 1. The standard InChI is InChI=1S/C16H23BrN2O2/c1-11(2)8-14(19-6-4-18-5-7-19)13-9-12(17)10-15(21-3)16(13)20/h9-10,14,18,20H,1,4-8H2,2-3H3/t14-/m1/s1. The van der Waals surface area contributed by atoms with Gasteiger partial charge in [0.05, 0.1) is 7.11 Å². The molecule has 1 aromatic carbocycles. The molecular weight excluding hydrogens is 332 g/mol. The van der Waals surface area contributed by atoms with Crippen LogP contribution in [-0.4, -0.2) is 43.3 Å². The summed E-state index contributed by atoms with van der Waals surface area (Å²) in [6.07, 6.45) is 0.827. The monoisotopic (exact) mass is 354 g/mol. The second kappa shape index (κ2) is 7.29. The van der Waals surface area contributed by atoms with Gasteiger partial charge in [-0.05, 0) is 25.5 Å². The number of phenolic OH excluding ortho intramolecular Hbond substituents is 1. The average Bonchev–Trinajstić information content (AvgIpc) is 2.47. The normalized spacial score (nSPS) is 17.5. The van der Waals surface area contributed by atoms with Crippen LogP contribution in [0.15, 0.2) is 28.8 Å². The lowest BCUT2D eigenvalue weighted by atomic mass is 9.96. The van der Waals surface area contributed by atoms with Gasteiger partial charge in [-0.15, -0.1) is 6.58 Å². The number of hydrogen-bond acceptors (Lipinski definition) is 4. The summed E-state index contributed by atoms with van der Waals surface area (Å²) in [5, 5.41) is 13.9. The lowest BCUT2D eigenvalue weighted by Crippen LogP contribution is -2.45. The van der Waals surface area contributed by atoms with Crippen molar-refractivity contribution in [1.29, 1.82) is 0 Å². The maximum atomic E-state index is 10.5. The Morgan fingerprint density at radius 3 is 2.71 bits per heavy atom. The van der Waals surface area contributed by atoms with Crippen molar-refractivity contribution in [1.82, 2.24) is 10.2 Å². The van der Waals surface area contributed by atoms with Gasteiger partial charge in [-0.3, -0.25) is 4.90 Å². The van der Waals surface area contributed by atoms with Crippen molar-refractivity contribution in [2.24, 2.45) is 0 Å². The Morgan fingerprint density at radius 1 is 1.48 bits per heavy atom. The molecule has 2 rings (SSSR count). The molecule has 0 aliphatic carbocycles. The molecule has 5 heteroatoms. The fourth-order valence-electron chi connectivity index (χ4n) is 2.76. The number of halogens is 1. The van der Waals surface area contributed by atoms with Crippen LogP contribution in [0.5, 0.6) is 11.5 Å². The van der Waals surface area contributed by atoms with Crippen molar-refractivity contribution in [3.8, 4) is 11.5 Å². The summed E-state index contributed by atoms with van der Waals surface area (Å²) in [5.74, 6) is 0.728. The highest BCUT2D eigenvalue weighted by atomic mass is 79.9. The molecule has 1 aliphatic heterocycles. The molecule has 0 spiro atoms. The second-order valence-electron chi connectivity index (χ2n) is 5.51. The van der Waals surface area contributed by atoms with Gasteiger partial charge >= 0.3 is 0 Å². The van der Waals surface area contributed by atoms with Gasteiger partial charge < -0.3 is 15.2 Å². The minimum absolute atomic E-state index is 0.121. The Morgan fingerprint density at radius 2 is 2.14 bits per heavy atom. The van der Waals surface area contributed by atoms with E-state index in [0.29, 0.717) is 5.75 Å². The molecule has 1 heterocycles. The molecule has 0 unspecified atom stereocenters. The summed E-state index contributed by atoms with van der Waals surface area (Å²) >= 11 is 3.50. The minimum atomic E-state index is 0.121. The van der Waals surface area contributed by atoms with Gasteiger partial charge in [0.1, 0.15) is 0 Å². The number of rotatable bonds is 5. The molecule has 0 saturated carbocycles. The maximum Gasteiger partial charge on any atom is 0.162 e. The molecule has 0 radical (unpaired) electrons. The highest BCUT2D eigenvalue weighted by molar-refractivity contribution is 9.10. The van der Waals surface area contributed by atoms with E-state index in [0.717, 1.165) is 48.2 Å². The largest absolute Gasteiger partial charge is 0.504 e. The molecule has 0 aromatic heterocycles. The van der Waals surface area contributed by atoms with Crippen molar-refractivity contribution >= 4 is 15.9 Å². The zero-order chi connectivity index (χ0) is 15.4. The van der Waals surface area contributed by atoms with Crippen LogP contribution in [0.25, 0.3) is 0 Å². The van der Waals surface area contributed by atoms with E-state index < -0.39 is 0 Å². The molecule has 116 valence electrons. The molecule has 0 bridgehead atoms. The van der Waals surface area contributed by atoms with E-state index in [1.54, 1.807) is 13.2 Å². The second-order valence-corrected chi connectivity index (χ2v) is 6.42. The van der Waals surface area contributed by atoms with Crippen molar-refractivity contribution in [2.45, 2.75) is 19.4 Å². The average molecular weight is 355 g/mol. The third-order valence-corrected chi connectivity index (χ3v) is 4.24. The first-order valence-corrected chi connectivity index (χ1v) is 7.97. The van der Waals surface area contributed by atoms with Crippen LogP contribution in [0.2, 0.25) is 0 Å². The molecule has 1 saturated heterocycles. The Kier molecular flexibility index (Phi) is 5.67. The zero-order valence-electron chi connectivity index (χ0n) is 12.7. The lowest BCUT2D eigenvalue weighted by Gasteiger charge is -2.36. The van der Waals surface area contributed by atoms with E-state index in [9.17, 15) is 5.11 Å². The highest BCUT2D eigenvalue weighted by Crippen LogP contribution is 2.41. The lowest BCUT2D eigenvalue weighted by molar-refractivity contribution is 0.169. The molecule has 21 heavy (non-hydrogen) atoms. The Labute approximate surface area is 134 Å². The number of nitrogens with zero attached hydrogens (tertiary/aromatic N) is 1. The summed E-state index contributed by atoms with van der Waals surface area (Å²) < 4.78 is 6.19. The van der Waals surface area contributed by atoms with Gasteiger partial charge in [-0.25, -0.2) is 0 Å². The van der Waals surface area contributed by atoms with Gasteiger partial charge in [0.15, 0.2) is 11.5 Å². The predicted octanol–water partition coefficient (Wildman–Crippen LogP) is 3.08. The van der Waals surface area contributed by atoms with E-state index in [4.69, 9.17) is 4.74 Å². The summed E-state index contributed by atoms with van der Waals surface area (Å²) in [5.41, 5.74) is 2.00. The maximum absolute atomic E-state index is 10.5. The number of nitrogens with one attached hydrogen (secondary N) is 1. The number of aromatic hydroxyl groups is 1. The minimum Gasteiger partial charge on any atom is -0.504 e. The van der Waals surface area contributed by atoms with E-state index in [1.165, 1.54) is 0 Å². The fraction of sp³-hybridized carbons (Fsp3) is 0.500. The summed E-state index contributed by atoms with van der Waals surface area (Å²) in [6.45, 7) is 9.94. The van der Waals surface area contributed by atoms with E-state index in [-0.39, 0.29) is 11.8 Å². The number of hydrogen-bond donors (Lipinski definition) is 2. The predicted molar refractivity (Wildman–Crippen MR) is 89.0 cm³/mol. The third kappa shape index (κ3) is 3.99. The first-order valence-electron chi connectivity index (χ1n) is 7.18. The molecule has 1 aliphatic rings. The van der Waals surface area contributed by atoms with Crippen LogP contribution >= 0.6 is 15.9 Å². The van der Waals surface area contributed by atoms with Crippen molar-refractivity contribution in [2.75, 3.05) is 33.3 Å². The SMILES string of the molecule is C=C(C)C[C@H](c1cc(Br)cc(OC)c1O)N1CCNCC1. The Balaban J connectivity index is 2.39. The van der Waals surface area contributed by atoms with E-state index in [2.05, 4.69) is 32.7 Å². The van der Waals surface area contributed by atoms with Gasteiger partial charge in [-0.1, -0.05) is 21.5 Å². The number of methoxy groups -OCH3 is 1. The molecule has 0 amide bonds. The van der Waals surface area contributed by atoms with E-state index in [1.807, 2.05) is 13.0 Å². The Bertz CT molecular complexity index is 513. The molecular formula is C16H23BrN2O2. The van der Waals surface area contributed by atoms with Crippen molar-refractivity contribution in [3.05, 3.63) is 34.3 Å². The molecule has 4 nitrogen and oxygen atoms in total. The van der Waals surface area contributed by atoms with Gasteiger partial charge in [0.25, 0.3) is 0 Å². The number of benzene rings is 1. The van der Waals surface area contributed by atoms with Crippen LogP contribution in [0.4, 0.5) is 0 Å². The fourth-order valence-corrected chi connectivity index (χ4v) is 3.22. The topological polar surface area (TPSA) is 44.7 Å². The van der Waals surface area contributed by atoms with Crippen LogP contribution in [0.1, 0.15) is 24.9 Å². The van der Waals surface area contributed by atoms with Crippen LogP contribution in [0, 0.1) is 0 Å². The molecule has 1 atom stereocenters. The smallest absolute Gasteiger partial charge is 0.162 e. The third-order valence-electron chi connectivity index (χ3n) is 3.78. The molecule has 1 fully saturated rings. The van der Waals surface area contributed by atoms with Gasteiger partial charge in [-0.2, -0.15) is 0 Å². The van der Waals surface area contributed by atoms with Crippen LogP contribution in [0.3, 0.4) is 0 Å². The quantitative estimate of drug-likeness (QED) is 0.797. The molecule has 2 N–H and O–H groups in total. The number of piperazine rings is 1. The van der Waals surface area contributed by atoms with Crippen molar-refractivity contribution < 1.29 is 9.84 Å². The number of phenols is 1. The molecule has 1 aromatic rings. The van der Waals surface area contributed by atoms with Crippen LogP contribution < -0.4 is 10.1 Å². The highest BCUT2D eigenvalue weighted by Gasteiger charge is 2.26. The van der Waals surface area contributed by atoms with Gasteiger partial charge in [0.2, 0.25) is 0 Å². The van der Waals surface area contributed by atoms with Crippen molar-refractivity contribution in [3.63, 3.8) is 0 Å². The van der Waals surface area contributed by atoms with E-state index >= 15 is 0 Å². The Hall–Kier alpha value is -1.04. The summed E-state index contributed by atoms with van der Waals surface area (Å²) in [7, 11) is 1.57. The first-order chi connectivity index (χ1) is 10.0. The van der Waals surface area contributed by atoms with Crippen LogP contribution in [-0.2, 0) is 0 Å². The van der Waals surface area contributed by atoms with Gasteiger partial charge in [0, 0.05) is 42.3 Å².